The molecule has 0 bridgehead atoms. The summed E-state index contributed by atoms with van der Waals surface area (Å²) in [6.45, 7) is 1.91. The molecule has 5 N–H and O–H groups in total. The number of nitrogens with two attached hydrogens (primary N) is 1. The average Bonchev–Trinajstić information content (AvgIpc) is 2.62. The van der Waals surface area contributed by atoms with E-state index in [4.69, 9.17) is 10.5 Å². The van der Waals surface area contributed by atoms with Gasteiger partial charge in [-0.3, -0.25) is 4.79 Å². The zero-order valence-electron chi connectivity index (χ0n) is 14.7. The lowest BCUT2D eigenvalue weighted by atomic mass is 9.94. The fraction of sp³-hybridized carbons (Fsp3) is 0.0500. The van der Waals surface area contributed by atoms with Crippen LogP contribution in [0.25, 0.3) is 11.1 Å². The largest absolute Gasteiger partial charge is 0.478 e. The quantitative estimate of drug-likeness (QED) is 0.532. The normalized spacial score (nSPS) is 10.5. The van der Waals surface area contributed by atoms with Crippen LogP contribution in [0.1, 0.15) is 26.3 Å². The number of H-pyrrole nitrogens is 1. The van der Waals surface area contributed by atoms with Crippen molar-refractivity contribution >= 4 is 17.8 Å². The Morgan fingerprint density at radius 2 is 1.57 bits per heavy atom. The summed E-state index contributed by atoms with van der Waals surface area (Å²) >= 11 is 0. The van der Waals surface area contributed by atoms with Crippen molar-refractivity contribution in [3.8, 4) is 22.6 Å². The van der Waals surface area contributed by atoms with E-state index in [1.165, 1.54) is 6.07 Å². The van der Waals surface area contributed by atoms with Gasteiger partial charge in [-0.25, -0.2) is 9.59 Å². The molecule has 0 spiro atoms. The van der Waals surface area contributed by atoms with Crippen LogP contribution in [-0.2, 0) is 0 Å². The molecule has 0 aliphatic carbocycles. The van der Waals surface area contributed by atoms with Crippen LogP contribution in [0, 0.1) is 6.92 Å². The Balaban J connectivity index is 2.30. The number of para-hydroxylation sites is 1. The van der Waals surface area contributed by atoms with Gasteiger partial charge < -0.3 is 25.7 Å². The first-order chi connectivity index (χ1) is 13.3. The Hall–Kier alpha value is -4.07. The molecule has 28 heavy (non-hydrogen) atoms. The number of carbonyl (C=O) groups is 2. The van der Waals surface area contributed by atoms with Gasteiger partial charge in [-0.1, -0.05) is 35.9 Å². The summed E-state index contributed by atoms with van der Waals surface area (Å²) < 4.78 is 5.83. The van der Waals surface area contributed by atoms with E-state index in [1.54, 1.807) is 30.3 Å². The van der Waals surface area contributed by atoms with E-state index in [2.05, 4.69) is 4.98 Å². The van der Waals surface area contributed by atoms with Crippen molar-refractivity contribution in [1.82, 2.24) is 4.98 Å². The molecule has 0 amide bonds. The van der Waals surface area contributed by atoms with Crippen LogP contribution in [0.5, 0.6) is 11.5 Å². The van der Waals surface area contributed by atoms with Crippen molar-refractivity contribution in [2.45, 2.75) is 6.92 Å². The smallest absolute Gasteiger partial charge is 0.342 e. The number of carboxylic acid groups (broad SMARTS) is 2. The van der Waals surface area contributed by atoms with Crippen molar-refractivity contribution in [2.75, 3.05) is 5.73 Å². The Labute approximate surface area is 158 Å². The lowest BCUT2D eigenvalue weighted by molar-refractivity contribution is 0.0695. The second-order valence-corrected chi connectivity index (χ2v) is 6.01. The van der Waals surface area contributed by atoms with Crippen LogP contribution < -0.4 is 16.0 Å². The predicted octanol–water partition coefficient (Wildman–Crippen LogP) is 3.12. The maximum Gasteiger partial charge on any atom is 0.342 e. The minimum atomic E-state index is -1.58. The number of aromatic amines is 1. The highest BCUT2D eigenvalue weighted by atomic mass is 16.5. The molecular formula is C20H16N2O6. The zero-order valence-corrected chi connectivity index (χ0v) is 14.7. The number of aromatic nitrogens is 1. The number of nitrogens with one attached hydrogen (secondary N) is 1. The molecule has 8 nitrogen and oxygen atoms in total. The van der Waals surface area contributed by atoms with Gasteiger partial charge in [0, 0.05) is 11.1 Å². The van der Waals surface area contributed by atoms with E-state index < -0.39 is 34.4 Å². The van der Waals surface area contributed by atoms with Gasteiger partial charge in [0.05, 0.1) is 0 Å². The number of hydrogen-bond acceptors (Lipinski definition) is 5. The molecule has 0 aliphatic rings. The number of nitrogen functional groups attached to an aromatic ring is 1. The molecule has 8 heteroatoms. The minimum Gasteiger partial charge on any atom is -0.478 e. The molecule has 2 aromatic carbocycles. The molecule has 0 unspecified atom stereocenters. The minimum absolute atomic E-state index is 0.121. The fourth-order valence-electron chi connectivity index (χ4n) is 2.81. The first-order valence-electron chi connectivity index (χ1n) is 8.16. The Morgan fingerprint density at radius 1 is 0.964 bits per heavy atom. The SMILES string of the molecule is Cc1ccc(Oc2ccccc2-c2c(C(=O)O)c(N)[nH]c(=O)c2C(=O)O)cc1. The summed E-state index contributed by atoms with van der Waals surface area (Å²) in [4.78, 5) is 37.8. The summed E-state index contributed by atoms with van der Waals surface area (Å²) in [5.41, 5.74) is 4.25. The molecule has 0 saturated carbocycles. The molecule has 0 atom stereocenters. The van der Waals surface area contributed by atoms with Gasteiger partial charge >= 0.3 is 11.9 Å². The highest BCUT2D eigenvalue weighted by molar-refractivity contribution is 6.08. The van der Waals surface area contributed by atoms with Crippen LogP contribution in [0.4, 0.5) is 5.82 Å². The van der Waals surface area contributed by atoms with Crippen LogP contribution in [0.3, 0.4) is 0 Å². The second kappa shape index (κ2) is 7.28. The summed E-state index contributed by atoms with van der Waals surface area (Å²) in [5.74, 6) is -2.85. The summed E-state index contributed by atoms with van der Waals surface area (Å²) in [5, 5.41) is 19.1. The predicted molar refractivity (Wildman–Crippen MR) is 102 cm³/mol. The van der Waals surface area contributed by atoms with Gasteiger partial charge in [0.2, 0.25) is 0 Å². The number of benzene rings is 2. The van der Waals surface area contributed by atoms with Gasteiger partial charge in [-0.05, 0) is 25.1 Å². The highest BCUT2D eigenvalue weighted by Crippen LogP contribution is 2.37. The Bertz CT molecular complexity index is 1130. The average molecular weight is 380 g/mol. The maximum atomic E-state index is 12.2. The summed E-state index contributed by atoms with van der Waals surface area (Å²) in [6, 6.07) is 13.3. The van der Waals surface area contributed by atoms with Gasteiger partial charge in [0.1, 0.15) is 28.4 Å². The number of rotatable bonds is 5. The number of hydrogen-bond donors (Lipinski definition) is 4. The molecule has 0 radical (unpaired) electrons. The monoisotopic (exact) mass is 380 g/mol. The first kappa shape index (κ1) is 18.7. The van der Waals surface area contributed by atoms with Crippen LogP contribution >= 0.6 is 0 Å². The Kier molecular flexibility index (Phi) is 4.86. The van der Waals surface area contributed by atoms with Crippen molar-refractivity contribution in [3.05, 3.63) is 75.6 Å². The van der Waals surface area contributed by atoms with Crippen molar-refractivity contribution in [2.24, 2.45) is 0 Å². The number of pyridine rings is 1. The third kappa shape index (κ3) is 3.43. The van der Waals surface area contributed by atoms with E-state index in [0.29, 0.717) is 5.75 Å². The summed E-state index contributed by atoms with van der Waals surface area (Å²) in [7, 11) is 0. The number of aryl methyl sites for hydroxylation is 1. The molecule has 1 aromatic heterocycles. The van der Waals surface area contributed by atoms with Gasteiger partial charge in [-0.15, -0.1) is 0 Å². The lowest BCUT2D eigenvalue weighted by Crippen LogP contribution is -2.24. The van der Waals surface area contributed by atoms with E-state index in [1.807, 2.05) is 19.1 Å². The van der Waals surface area contributed by atoms with E-state index >= 15 is 0 Å². The number of carboxylic acids is 2. The molecule has 3 rings (SSSR count). The third-order valence-electron chi connectivity index (χ3n) is 4.08. The lowest BCUT2D eigenvalue weighted by Gasteiger charge is -2.16. The molecule has 3 aromatic rings. The molecule has 0 fully saturated rings. The maximum absolute atomic E-state index is 12.2. The molecule has 142 valence electrons. The number of anilines is 1. The molecule has 1 heterocycles. The number of aromatic carboxylic acids is 2. The Morgan fingerprint density at radius 3 is 2.18 bits per heavy atom. The van der Waals surface area contributed by atoms with Crippen LogP contribution in [0.15, 0.2) is 53.3 Å². The van der Waals surface area contributed by atoms with E-state index in [9.17, 15) is 24.6 Å². The molecular weight excluding hydrogens is 364 g/mol. The molecule has 0 aliphatic heterocycles. The topological polar surface area (TPSA) is 143 Å². The highest BCUT2D eigenvalue weighted by Gasteiger charge is 2.28. The molecule has 0 saturated heterocycles. The zero-order chi connectivity index (χ0) is 20.4. The van der Waals surface area contributed by atoms with Crippen molar-refractivity contribution in [1.29, 1.82) is 0 Å². The van der Waals surface area contributed by atoms with Gasteiger partial charge in [0.15, 0.2) is 0 Å². The van der Waals surface area contributed by atoms with Gasteiger partial charge in [0.25, 0.3) is 5.56 Å². The van der Waals surface area contributed by atoms with E-state index in [-0.39, 0.29) is 16.9 Å². The van der Waals surface area contributed by atoms with Crippen molar-refractivity contribution < 1.29 is 24.5 Å². The van der Waals surface area contributed by atoms with Gasteiger partial charge in [-0.2, -0.15) is 0 Å². The van der Waals surface area contributed by atoms with E-state index in [0.717, 1.165) is 5.56 Å². The first-order valence-corrected chi connectivity index (χ1v) is 8.16. The standard InChI is InChI=1S/C20H16N2O6/c1-10-6-8-11(9-7-10)28-13-5-3-2-4-12(13)14-15(19(24)25)17(21)22-18(23)16(14)20(26)27/h2-9H,1H3,(H,24,25)(H,26,27)(H3,21,22,23). The summed E-state index contributed by atoms with van der Waals surface area (Å²) in [6.07, 6.45) is 0. The second-order valence-electron chi connectivity index (χ2n) is 6.01. The van der Waals surface area contributed by atoms with Crippen molar-refractivity contribution in [3.63, 3.8) is 0 Å². The number of ether oxygens (including phenoxy) is 1. The van der Waals surface area contributed by atoms with Crippen LogP contribution in [0.2, 0.25) is 0 Å². The fourth-order valence-corrected chi connectivity index (χ4v) is 2.81. The third-order valence-corrected chi connectivity index (χ3v) is 4.08. The van der Waals surface area contributed by atoms with Crippen LogP contribution in [-0.4, -0.2) is 27.1 Å².